The van der Waals surface area contributed by atoms with Gasteiger partial charge in [-0.05, 0) is 73.7 Å². The predicted molar refractivity (Wildman–Crippen MR) is 137 cm³/mol. The van der Waals surface area contributed by atoms with Crippen LogP contribution in [0.15, 0.2) is 42.5 Å². The lowest BCUT2D eigenvalue weighted by Gasteiger charge is -2.34. The van der Waals surface area contributed by atoms with Crippen LogP contribution in [-0.4, -0.2) is 47.2 Å². The highest BCUT2D eigenvalue weighted by atomic mass is 16.5. The van der Waals surface area contributed by atoms with Gasteiger partial charge in [-0.3, -0.25) is 14.4 Å². The van der Waals surface area contributed by atoms with Crippen molar-refractivity contribution in [2.45, 2.75) is 43.9 Å². The Morgan fingerprint density at radius 1 is 0.946 bits per heavy atom. The largest absolute Gasteiger partial charge is 0.493 e. The lowest BCUT2D eigenvalue weighted by molar-refractivity contribution is -0.119. The molecule has 1 spiro atoms. The Morgan fingerprint density at radius 3 is 2.38 bits per heavy atom. The number of nitrogens with zero attached hydrogens (tertiary/aromatic N) is 4. The van der Waals surface area contributed by atoms with Crippen LogP contribution in [0.1, 0.15) is 64.2 Å². The smallest absolute Gasteiger partial charge is 0.277 e. The minimum atomic E-state index is -0.623. The number of hydrogen-bond donors (Lipinski definition) is 1. The Bertz CT molecular complexity index is 1470. The summed E-state index contributed by atoms with van der Waals surface area (Å²) >= 11 is 0. The van der Waals surface area contributed by atoms with Gasteiger partial charge in [-0.2, -0.15) is 5.10 Å². The Kier molecular flexibility index (Phi) is 4.73. The second-order valence-electron chi connectivity index (χ2n) is 10.4. The van der Waals surface area contributed by atoms with E-state index < -0.39 is 5.91 Å². The van der Waals surface area contributed by atoms with E-state index in [9.17, 15) is 14.4 Å². The Morgan fingerprint density at radius 2 is 1.68 bits per heavy atom. The monoisotopic (exact) mass is 497 g/mol. The van der Waals surface area contributed by atoms with Crippen molar-refractivity contribution in [3.63, 3.8) is 0 Å². The maximum atomic E-state index is 14.1. The summed E-state index contributed by atoms with van der Waals surface area (Å²) < 4.78 is 7.23. The molecular formula is C28H27N5O4. The molecular weight excluding hydrogens is 470 g/mol. The number of amides is 3. The first kappa shape index (κ1) is 22.1. The van der Waals surface area contributed by atoms with Crippen LogP contribution in [0, 0.1) is 0 Å². The minimum absolute atomic E-state index is 0.136. The van der Waals surface area contributed by atoms with Crippen molar-refractivity contribution < 1.29 is 19.1 Å². The average molecular weight is 498 g/mol. The Labute approximate surface area is 213 Å². The molecule has 0 bridgehead atoms. The number of ether oxygens (including phenoxy) is 1. The van der Waals surface area contributed by atoms with Crippen molar-refractivity contribution in [2.75, 3.05) is 29.5 Å². The molecule has 1 saturated carbocycles. The van der Waals surface area contributed by atoms with Gasteiger partial charge in [0.25, 0.3) is 11.8 Å². The predicted octanol–water partition coefficient (Wildman–Crippen LogP) is 3.12. The van der Waals surface area contributed by atoms with Crippen LogP contribution >= 0.6 is 0 Å². The molecule has 1 aliphatic carbocycles. The highest BCUT2D eigenvalue weighted by Gasteiger charge is 2.56. The number of fused-ring (bicyclic) bond motifs is 3. The van der Waals surface area contributed by atoms with Gasteiger partial charge in [-0.15, -0.1) is 0 Å². The number of aromatic nitrogens is 2. The van der Waals surface area contributed by atoms with Crippen molar-refractivity contribution in [1.82, 2.24) is 9.78 Å². The summed E-state index contributed by atoms with van der Waals surface area (Å²) in [5.41, 5.74) is 10.0. The molecule has 3 aliphatic heterocycles. The third-order valence-electron chi connectivity index (χ3n) is 8.13. The van der Waals surface area contributed by atoms with Crippen LogP contribution in [0.3, 0.4) is 0 Å². The fraction of sp³-hybridized carbons (Fsp3) is 0.357. The van der Waals surface area contributed by atoms with Gasteiger partial charge < -0.3 is 20.3 Å². The van der Waals surface area contributed by atoms with E-state index >= 15 is 0 Å². The topological polar surface area (TPSA) is 111 Å². The normalized spacial score (nSPS) is 19.6. The standard InChI is InChI=1S/C28H27N5O4/c29-26(35)24-23-25(33(30-24)20-8-9-21-17(15-20)10-14-37-21)27(36)32(16-28(23)11-12-28)19-6-4-18(5-7-19)31-13-2-1-3-22(31)34/h4-9,15H,1-3,10-14,16H2,(H2,29,35). The number of nitrogens with two attached hydrogens (primary N) is 1. The average Bonchev–Trinajstić information content (AvgIpc) is 3.32. The number of hydrogen-bond acceptors (Lipinski definition) is 5. The quantitative estimate of drug-likeness (QED) is 0.596. The van der Waals surface area contributed by atoms with E-state index in [0.717, 1.165) is 54.8 Å². The van der Waals surface area contributed by atoms with Gasteiger partial charge in [0.2, 0.25) is 5.91 Å². The number of rotatable bonds is 4. The molecule has 2 N–H and O–H groups in total. The minimum Gasteiger partial charge on any atom is -0.493 e. The van der Waals surface area contributed by atoms with E-state index in [1.807, 2.05) is 47.4 Å². The number of primary amides is 1. The summed E-state index contributed by atoms with van der Waals surface area (Å²) in [5.74, 6) is 0.129. The second kappa shape index (κ2) is 7.93. The first-order valence-corrected chi connectivity index (χ1v) is 12.9. The lowest BCUT2D eigenvalue weighted by Crippen LogP contribution is -2.45. The van der Waals surface area contributed by atoms with Crippen molar-refractivity contribution in [1.29, 1.82) is 0 Å². The molecule has 188 valence electrons. The molecule has 3 amide bonds. The van der Waals surface area contributed by atoms with Gasteiger partial charge in [0.1, 0.15) is 11.4 Å². The Balaban J connectivity index is 1.31. The van der Waals surface area contributed by atoms with Crippen LogP contribution in [0.4, 0.5) is 11.4 Å². The third kappa shape index (κ3) is 3.37. The first-order chi connectivity index (χ1) is 17.9. The van der Waals surface area contributed by atoms with Crippen molar-refractivity contribution in [3.05, 3.63) is 65.0 Å². The van der Waals surface area contributed by atoms with Crippen molar-refractivity contribution >= 4 is 29.1 Å². The molecule has 1 aromatic heterocycles. The summed E-state index contributed by atoms with van der Waals surface area (Å²) in [5, 5.41) is 4.59. The molecule has 2 fully saturated rings. The summed E-state index contributed by atoms with van der Waals surface area (Å²) in [6.45, 7) is 1.80. The molecule has 7 rings (SSSR count). The van der Waals surface area contributed by atoms with Crippen LogP contribution in [-0.2, 0) is 16.6 Å². The first-order valence-electron chi connectivity index (χ1n) is 12.9. The van der Waals surface area contributed by atoms with Gasteiger partial charge in [0.15, 0.2) is 5.69 Å². The fourth-order valence-corrected chi connectivity index (χ4v) is 6.02. The van der Waals surface area contributed by atoms with Crippen LogP contribution in [0.5, 0.6) is 5.75 Å². The maximum Gasteiger partial charge on any atom is 0.277 e. The summed E-state index contributed by atoms with van der Waals surface area (Å²) in [4.78, 5) is 42.5. The van der Waals surface area contributed by atoms with Crippen molar-refractivity contribution in [2.24, 2.45) is 5.73 Å². The zero-order chi connectivity index (χ0) is 25.3. The molecule has 4 heterocycles. The van der Waals surface area contributed by atoms with E-state index in [1.54, 1.807) is 9.58 Å². The molecule has 0 unspecified atom stereocenters. The molecule has 0 atom stereocenters. The molecule has 3 aromatic rings. The van der Waals surface area contributed by atoms with Gasteiger partial charge in [-0.1, -0.05) is 0 Å². The molecule has 37 heavy (non-hydrogen) atoms. The van der Waals surface area contributed by atoms with Crippen LogP contribution in [0.2, 0.25) is 0 Å². The van der Waals surface area contributed by atoms with E-state index in [1.165, 1.54) is 0 Å². The summed E-state index contributed by atoms with van der Waals surface area (Å²) in [6.07, 6.45) is 4.98. The van der Waals surface area contributed by atoms with Gasteiger partial charge in [-0.25, -0.2) is 4.68 Å². The van der Waals surface area contributed by atoms with E-state index in [4.69, 9.17) is 10.5 Å². The fourth-order valence-electron chi connectivity index (χ4n) is 6.02. The lowest BCUT2D eigenvalue weighted by atomic mass is 9.88. The highest BCUT2D eigenvalue weighted by Crippen LogP contribution is 2.54. The number of carbonyl (C=O) groups excluding carboxylic acids is 3. The molecule has 1 saturated heterocycles. The molecule has 4 aliphatic rings. The zero-order valence-electron chi connectivity index (χ0n) is 20.4. The molecule has 9 nitrogen and oxygen atoms in total. The second-order valence-corrected chi connectivity index (χ2v) is 10.4. The maximum absolute atomic E-state index is 14.1. The molecule has 2 aromatic carbocycles. The van der Waals surface area contributed by atoms with Crippen LogP contribution < -0.4 is 20.3 Å². The highest BCUT2D eigenvalue weighted by molar-refractivity contribution is 6.11. The number of piperidine rings is 1. The van der Waals surface area contributed by atoms with Gasteiger partial charge in [0.05, 0.1) is 12.3 Å². The van der Waals surface area contributed by atoms with Crippen molar-refractivity contribution in [3.8, 4) is 11.4 Å². The van der Waals surface area contributed by atoms with E-state index in [0.29, 0.717) is 43.1 Å². The number of carbonyl (C=O) groups is 3. The van der Waals surface area contributed by atoms with E-state index in [-0.39, 0.29) is 22.9 Å². The van der Waals surface area contributed by atoms with Gasteiger partial charge in [0, 0.05) is 48.3 Å². The SMILES string of the molecule is NC(=O)c1nn(-c2ccc3c(c2)CCO3)c2c1C1(CC1)CN(c1ccc(N3CCCCC3=O)cc1)C2=O. The number of benzene rings is 2. The summed E-state index contributed by atoms with van der Waals surface area (Å²) in [7, 11) is 0. The van der Waals surface area contributed by atoms with Crippen LogP contribution in [0.25, 0.3) is 5.69 Å². The molecule has 9 heteroatoms. The van der Waals surface area contributed by atoms with Gasteiger partial charge >= 0.3 is 0 Å². The number of anilines is 2. The zero-order valence-corrected chi connectivity index (χ0v) is 20.4. The molecule has 0 radical (unpaired) electrons. The third-order valence-corrected chi connectivity index (χ3v) is 8.13. The Hall–Kier alpha value is -4.14. The summed E-state index contributed by atoms with van der Waals surface area (Å²) in [6, 6.07) is 13.3. The van der Waals surface area contributed by atoms with E-state index in [2.05, 4.69) is 5.10 Å².